The van der Waals surface area contributed by atoms with Crippen LogP contribution in [0.2, 0.25) is 0 Å². The Balaban J connectivity index is 2.15. The maximum absolute atomic E-state index is 11.4. The summed E-state index contributed by atoms with van der Waals surface area (Å²) in [6.45, 7) is 6.97. The standard InChI is InChI=1S/C16H19NO3/c1-10-7-13-15(11(2)8-14(18)20-13)16(19)12(10)9-17-5-3-4-6-17/h7-8,19H,3-6,9H2,1-2H3/p+1. The number of benzene rings is 1. The van der Waals surface area contributed by atoms with Crippen LogP contribution in [0.15, 0.2) is 21.3 Å². The number of rotatable bonds is 2. The Bertz CT molecular complexity index is 712. The Kier molecular flexibility index (Phi) is 3.26. The van der Waals surface area contributed by atoms with Crippen LogP contribution in [0, 0.1) is 13.8 Å². The molecule has 0 spiro atoms. The molecule has 0 unspecified atom stereocenters. The Hall–Kier alpha value is -1.81. The quantitative estimate of drug-likeness (QED) is 0.812. The van der Waals surface area contributed by atoms with E-state index in [0.29, 0.717) is 11.0 Å². The lowest BCUT2D eigenvalue weighted by Gasteiger charge is -2.16. The molecule has 4 nitrogen and oxygen atoms in total. The number of fused-ring (bicyclic) bond motifs is 1. The summed E-state index contributed by atoms with van der Waals surface area (Å²) < 4.78 is 5.21. The smallest absolute Gasteiger partial charge is 0.336 e. The Labute approximate surface area is 117 Å². The van der Waals surface area contributed by atoms with E-state index in [1.54, 1.807) is 0 Å². The van der Waals surface area contributed by atoms with Gasteiger partial charge in [-0.15, -0.1) is 0 Å². The fraction of sp³-hybridized carbons (Fsp3) is 0.438. The third-order valence-corrected chi connectivity index (χ3v) is 4.27. The zero-order chi connectivity index (χ0) is 14.3. The van der Waals surface area contributed by atoms with Crippen molar-refractivity contribution in [2.24, 2.45) is 0 Å². The number of hydrogen-bond acceptors (Lipinski definition) is 3. The van der Waals surface area contributed by atoms with Crippen LogP contribution < -0.4 is 10.5 Å². The first kappa shape index (κ1) is 13.2. The molecule has 3 rings (SSSR count). The summed E-state index contributed by atoms with van der Waals surface area (Å²) in [4.78, 5) is 12.9. The lowest BCUT2D eigenvalue weighted by atomic mass is 10.0. The fourth-order valence-electron chi connectivity index (χ4n) is 3.18. The molecule has 20 heavy (non-hydrogen) atoms. The van der Waals surface area contributed by atoms with Crippen molar-refractivity contribution in [2.75, 3.05) is 13.1 Å². The van der Waals surface area contributed by atoms with Crippen molar-refractivity contribution in [3.8, 4) is 5.75 Å². The zero-order valence-corrected chi connectivity index (χ0v) is 12.0. The second-order valence-corrected chi connectivity index (χ2v) is 5.78. The van der Waals surface area contributed by atoms with Crippen LogP contribution in [-0.4, -0.2) is 18.2 Å². The normalized spacial score (nSPS) is 16.1. The van der Waals surface area contributed by atoms with E-state index in [2.05, 4.69) is 0 Å². The molecule has 1 aliphatic rings. The van der Waals surface area contributed by atoms with Gasteiger partial charge >= 0.3 is 5.63 Å². The van der Waals surface area contributed by atoms with Crippen molar-refractivity contribution in [2.45, 2.75) is 33.2 Å². The molecule has 1 aromatic heterocycles. The van der Waals surface area contributed by atoms with E-state index in [0.717, 1.165) is 23.2 Å². The summed E-state index contributed by atoms with van der Waals surface area (Å²) in [7, 11) is 0. The lowest BCUT2D eigenvalue weighted by Crippen LogP contribution is -3.08. The number of likely N-dealkylation sites (tertiary alicyclic amines) is 1. The molecule has 0 amide bonds. The summed E-state index contributed by atoms with van der Waals surface area (Å²) in [5, 5.41) is 11.3. The Morgan fingerprint density at radius 3 is 2.60 bits per heavy atom. The van der Waals surface area contributed by atoms with Crippen molar-refractivity contribution in [3.05, 3.63) is 39.2 Å². The van der Waals surface area contributed by atoms with Crippen molar-refractivity contribution in [3.63, 3.8) is 0 Å². The van der Waals surface area contributed by atoms with Gasteiger partial charge in [-0.05, 0) is 31.0 Å². The van der Waals surface area contributed by atoms with Crippen LogP contribution in [0.1, 0.15) is 29.5 Å². The summed E-state index contributed by atoms with van der Waals surface area (Å²) in [6.07, 6.45) is 2.52. The maximum Gasteiger partial charge on any atom is 0.336 e. The molecule has 4 heteroatoms. The Morgan fingerprint density at radius 1 is 1.20 bits per heavy atom. The van der Waals surface area contributed by atoms with Gasteiger partial charge < -0.3 is 14.4 Å². The van der Waals surface area contributed by atoms with Gasteiger partial charge in [-0.2, -0.15) is 0 Å². The van der Waals surface area contributed by atoms with E-state index in [9.17, 15) is 9.90 Å². The Morgan fingerprint density at radius 2 is 1.90 bits per heavy atom. The predicted octanol–water partition coefficient (Wildman–Crippen LogP) is 1.29. The molecule has 2 heterocycles. The van der Waals surface area contributed by atoms with Crippen molar-refractivity contribution >= 4 is 11.0 Å². The van der Waals surface area contributed by atoms with E-state index in [4.69, 9.17) is 4.42 Å². The highest BCUT2D eigenvalue weighted by molar-refractivity contribution is 5.88. The average molecular weight is 274 g/mol. The van der Waals surface area contributed by atoms with Crippen LogP contribution in [0.5, 0.6) is 5.75 Å². The molecule has 0 atom stereocenters. The van der Waals surface area contributed by atoms with Crippen molar-refractivity contribution in [1.82, 2.24) is 0 Å². The van der Waals surface area contributed by atoms with Crippen molar-refractivity contribution in [1.29, 1.82) is 0 Å². The molecule has 0 saturated carbocycles. The molecule has 1 saturated heterocycles. The van der Waals surface area contributed by atoms with Gasteiger partial charge in [0.15, 0.2) is 0 Å². The summed E-state index contributed by atoms with van der Waals surface area (Å²) in [5.41, 5.74) is 2.85. The highest BCUT2D eigenvalue weighted by Crippen LogP contribution is 2.32. The number of hydrogen-bond donors (Lipinski definition) is 2. The van der Waals surface area contributed by atoms with Gasteiger partial charge in [-0.1, -0.05) is 0 Å². The number of aromatic hydroxyl groups is 1. The van der Waals surface area contributed by atoms with Gasteiger partial charge in [0.05, 0.1) is 24.0 Å². The first-order valence-electron chi connectivity index (χ1n) is 7.15. The molecule has 0 bridgehead atoms. The maximum atomic E-state index is 11.4. The van der Waals surface area contributed by atoms with Gasteiger partial charge in [0.2, 0.25) is 0 Å². The summed E-state index contributed by atoms with van der Waals surface area (Å²) >= 11 is 0. The molecule has 1 fully saturated rings. The second kappa shape index (κ2) is 4.94. The van der Waals surface area contributed by atoms with E-state index in [1.807, 2.05) is 19.9 Å². The molecule has 0 radical (unpaired) electrons. The van der Waals surface area contributed by atoms with Crippen molar-refractivity contribution < 1.29 is 14.4 Å². The van der Waals surface area contributed by atoms with Crippen LogP contribution in [0.25, 0.3) is 11.0 Å². The molecular formula is C16H20NO3+. The van der Waals surface area contributed by atoms with Gasteiger partial charge in [0.1, 0.15) is 17.9 Å². The second-order valence-electron chi connectivity index (χ2n) is 5.78. The topological polar surface area (TPSA) is 54.9 Å². The molecule has 2 aromatic rings. The number of quaternary nitrogens is 1. The van der Waals surface area contributed by atoms with E-state index in [1.165, 1.54) is 36.9 Å². The highest BCUT2D eigenvalue weighted by atomic mass is 16.4. The van der Waals surface area contributed by atoms with Gasteiger partial charge in [-0.25, -0.2) is 4.79 Å². The molecular weight excluding hydrogens is 254 g/mol. The monoisotopic (exact) mass is 274 g/mol. The highest BCUT2D eigenvalue weighted by Gasteiger charge is 2.21. The minimum Gasteiger partial charge on any atom is -0.507 e. The SMILES string of the molecule is Cc1cc2oc(=O)cc(C)c2c(O)c1C[NH+]1CCCC1. The molecule has 2 N–H and O–H groups in total. The number of phenolic OH excluding ortho intramolecular Hbond substituents is 1. The molecule has 1 aliphatic heterocycles. The van der Waals surface area contributed by atoms with Crippen LogP contribution in [-0.2, 0) is 6.54 Å². The minimum absolute atomic E-state index is 0.278. The average Bonchev–Trinajstić information content (AvgIpc) is 2.86. The third kappa shape index (κ3) is 2.20. The van der Waals surface area contributed by atoms with Crippen LogP contribution >= 0.6 is 0 Å². The number of phenols is 1. The summed E-state index contributed by atoms with van der Waals surface area (Å²) in [5.74, 6) is 0.278. The first-order valence-corrected chi connectivity index (χ1v) is 7.15. The molecule has 106 valence electrons. The largest absolute Gasteiger partial charge is 0.507 e. The number of aryl methyl sites for hydroxylation is 2. The van der Waals surface area contributed by atoms with Gasteiger partial charge in [0, 0.05) is 18.9 Å². The predicted molar refractivity (Wildman–Crippen MR) is 77.3 cm³/mol. The first-order chi connectivity index (χ1) is 9.56. The van der Waals surface area contributed by atoms with E-state index in [-0.39, 0.29) is 11.4 Å². The van der Waals surface area contributed by atoms with Gasteiger partial charge in [0.25, 0.3) is 0 Å². The van der Waals surface area contributed by atoms with Gasteiger partial charge in [-0.3, -0.25) is 0 Å². The fourth-order valence-corrected chi connectivity index (χ4v) is 3.18. The van der Waals surface area contributed by atoms with Crippen LogP contribution in [0.3, 0.4) is 0 Å². The minimum atomic E-state index is -0.369. The third-order valence-electron chi connectivity index (χ3n) is 4.27. The summed E-state index contributed by atoms with van der Waals surface area (Å²) in [6, 6.07) is 3.30. The lowest BCUT2D eigenvalue weighted by molar-refractivity contribution is -0.901. The van der Waals surface area contributed by atoms with E-state index >= 15 is 0 Å². The molecule has 1 aromatic carbocycles. The number of nitrogens with one attached hydrogen (secondary N) is 1. The van der Waals surface area contributed by atoms with E-state index < -0.39 is 0 Å². The zero-order valence-electron chi connectivity index (χ0n) is 12.0. The molecule has 0 aliphatic carbocycles. The van der Waals surface area contributed by atoms with Crippen LogP contribution in [0.4, 0.5) is 0 Å².